The summed E-state index contributed by atoms with van der Waals surface area (Å²) >= 11 is 6.32. The third-order valence-corrected chi connectivity index (χ3v) is 6.40. The first-order chi connectivity index (χ1) is 13.6. The molecule has 1 aliphatic carbocycles. The molecule has 0 spiro atoms. The smallest absolute Gasteiger partial charge is 0.236 e. The minimum atomic E-state index is 0.226. The van der Waals surface area contributed by atoms with Crippen molar-refractivity contribution >= 4 is 23.2 Å². The van der Waals surface area contributed by atoms with Crippen molar-refractivity contribution < 1.29 is 4.79 Å². The lowest BCUT2D eigenvalue weighted by Gasteiger charge is -2.38. The zero-order valence-corrected chi connectivity index (χ0v) is 17.2. The lowest BCUT2D eigenvalue weighted by Crippen LogP contribution is -2.51. The van der Waals surface area contributed by atoms with E-state index < -0.39 is 0 Å². The summed E-state index contributed by atoms with van der Waals surface area (Å²) in [5, 5.41) is 0.776. The first-order valence-corrected chi connectivity index (χ1v) is 10.6. The fourth-order valence-electron chi connectivity index (χ4n) is 4.51. The number of hydrogen-bond acceptors (Lipinski definition) is 3. The van der Waals surface area contributed by atoms with E-state index in [2.05, 4.69) is 41.1 Å². The Labute approximate surface area is 172 Å². The van der Waals surface area contributed by atoms with Crippen LogP contribution in [-0.2, 0) is 11.2 Å². The van der Waals surface area contributed by atoms with Crippen molar-refractivity contribution in [1.29, 1.82) is 0 Å². The quantitative estimate of drug-likeness (QED) is 0.780. The van der Waals surface area contributed by atoms with Crippen LogP contribution in [0.3, 0.4) is 0 Å². The average molecular weight is 398 g/mol. The van der Waals surface area contributed by atoms with Gasteiger partial charge in [0, 0.05) is 32.2 Å². The number of benzene rings is 2. The van der Waals surface area contributed by atoms with Gasteiger partial charge in [0.1, 0.15) is 0 Å². The van der Waals surface area contributed by atoms with Crippen LogP contribution in [0.4, 0.5) is 5.69 Å². The predicted molar refractivity (Wildman–Crippen MR) is 115 cm³/mol. The number of aryl methyl sites for hydroxylation is 1. The summed E-state index contributed by atoms with van der Waals surface area (Å²) in [6.07, 6.45) is 3.47. The second-order valence-electron chi connectivity index (χ2n) is 7.84. The van der Waals surface area contributed by atoms with Gasteiger partial charge in [0.15, 0.2) is 0 Å². The summed E-state index contributed by atoms with van der Waals surface area (Å²) in [5.41, 5.74) is 3.89. The molecule has 148 valence electrons. The van der Waals surface area contributed by atoms with Gasteiger partial charge in [-0.2, -0.15) is 0 Å². The van der Waals surface area contributed by atoms with Crippen LogP contribution in [0.5, 0.6) is 0 Å². The van der Waals surface area contributed by atoms with Crippen molar-refractivity contribution in [2.45, 2.75) is 25.3 Å². The van der Waals surface area contributed by atoms with Crippen LogP contribution in [0.25, 0.3) is 0 Å². The number of carbonyl (C=O) groups is 1. The largest absolute Gasteiger partial charge is 0.367 e. The Morgan fingerprint density at radius 3 is 2.57 bits per heavy atom. The Hall–Kier alpha value is -2.04. The van der Waals surface area contributed by atoms with Crippen LogP contribution >= 0.6 is 11.6 Å². The fraction of sp³-hybridized carbons (Fsp3) is 0.435. The molecule has 4 nitrogen and oxygen atoms in total. The molecule has 1 heterocycles. The highest BCUT2D eigenvalue weighted by Crippen LogP contribution is 2.33. The topological polar surface area (TPSA) is 26.8 Å². The van der Waals surface area contributed by atoms with Crippen LogP contribution < -0.4 is 4.90 Å². The van der Waals surface area contributed by atoms with Crippen molar-refractivity contribution in [3.8, 4) is 0 Å². The lowest BCUT2D eigenvalue weighted by molar-refractivity contribution is -0.133. The molecule has 1 aliphatic heterocycles. The molecule has 0 bridgehead atoms. The summed E-state index contributed by atoms with van der Waals surface area (Å²) in [7, 11) is 2.09. The van der Waals surface area contributed by atoms with E-state index in [9.17, 15) is 4.79 Å². The summed E-state index contributed by atoms with van der Waals surface area (Å²) in [6, 6.07) is 17.0. The number of nitrogens with zero attached hydrogens (tertiary/aromatic N) is 3. The van der Waals surface area contributed by atoms with E-state index in [1.165, 1.54) is 17.5 Å². The Kier molecular flexibility index (Phi) is 5.88. The molecular weight excluding hydrogens is 370 g/mol. The van der Waals surface area contributed by atoms with Crippen LogP contribution in [0.2, 0.25) is 5.02 Å². The molecule has 0 N–H and O–H groups in total. The molecule has 1 atom stereocenters. The summed E-state index contributed by atoms with van der Waals surface area (Å²) < 4.78 is 0. The molecule has 1 amide bonds. The maximum absolute atomic E-state index is 12.9. The zero-order valence-electron chi connectivity index (χ0n) is 16.5. The van der Waals surface area contributed by atoms with Gasteiger partial charge in [0.05, 0.1) is 17.3 Å². The maximum Gasteiger partial charge on any atom is 0.236 e. The molecule has 2 aliphatic rings. The number of anilines is 1. The van der Waals surface area contributed by atoms with Crippen LogP contribution in [0.15, 0.2) is 48.5 Å². The van der Waals surface area contributed by atoms with E-state index in [1.807, 2.05) is 29.2 Å². The number of likely N-dealkylation sites (N-methyl/N-ethyl adjacent to an activating group) is 1. The van der Waals surface area contributed by atoms with Crippen molar-refractivity contribution in [3.63, 3.8) is 0 Å². The molecule has 0 aromatic heterocycles. The Balaban J connectivity index is 1.34. The average Bonchev–Trinajstić information content (AvgIpc) is 2.73. The van der Waals surface area contributed by atoms with Crippen molar-refractivity contribution in [2.24, 2.45) is 0 Å². The second-order valence-corrected chi connectivity index (χ2v) is 8.25. The van der Waals surface area contributed by atoms with Crippen LogP contribution in [0.1, 0.15) is 30.0 Å². The fourth-order valence-corrected chi connectivity index (χ4v) is 4.77. The van der Waals surface area contributed by atoms with E-state index >= 15 is 0 Å². The normalized spacial score (nSPS) is 19.6. The number of piperazine rings is 1. The number of amides is 1. The molecule has 0 radical (unpaired) electrons. The van der Waals surface area contributed by atoms with Crippen molar-refractivity contribution in [2.75, 3.05) is 44.7 Å². The number of halogens is 1. The van der Waals surface area contributed by atoms with E-state index in [0.717, 1.165) is 49.7 Å². The Morgan fingerprint density at radius 2 is 1.79 bits per heavy atom. The summed E-state index contributed by atoms with van der Waals surface area (Å²) in [6.45, 7) is 3.63. The van der Waals surface area contributed by atoms with E-state index in [4.69, 9.17) is 11.6 Å². The first kappa shape index (κ1) is 19.3. The molecule has 2 aromatic rings. The van der Waals surface area contributed by atoms with Gasteiger partial charge in [0.25, 0.3) is 0 Å². The van der Waals surface area contributed by atoms with Gasteiger partial charge in [-0.15, -0.1) is 0 Å². The van der Waals surface area contributed by atoms with Gasteiger partial charge < -0.3 is 9.80 Å². The molecule has 1 saturated heterocycles. The number of fused-ring (bicyclic) bond motifs is 1. The van der Waals surface area contributed by atoms with E-state index in [0.29, 0.717) is 12.6 Å². The molecule has 0 unspecified atom stereocenters. The summed E-state index contributed by atoms with van der Waals surface area (Å²) in [5.74, 6) is 0.226. The SMILES string of the molecule is CN(CC(=O)N1CCN(c2ccccc2Cl)CC1)[C@@H]1CCCc2ccccc21. The third kappa shape index (κ3) is 4.03. The highest BCUT2D eigenvalue weighted by atomic mass is 35.5. The molecule has 0 saturated carbocycles. The highest BCUT2D eigenvalue weighted by molar-refractivity contribution is 6.33. The minimum Gasteiger partial charge on any atom is -0.367 e. The Morgan fingerprint density at radius 1 is 1.07 bits per heavy atom. The minimum absolute atomic E-state index is 0.226. The first-order valence-electron chi connectivity index (χ1n) is 10.2. The molecule has 5 heteroatoms. The van der Waals surface area contributed by atoms with Gasteiger partial charge >= 0.3 is 0 Å². The maximum atomic E-state index is 12.9. The number of para-hydroxylation sites is 1. The van der Waals surface area contributed by atoms with E-state index in [-0.39, 0.29) is 5.91 Å². The van der Waals surface area contributed by atoms with Crippen LogP contribution in [-0.4, -0.2) is 55.5 Å². The number of hydrogen-bond donors (Lipinski definition) is 0. The highest BCUT2D eigenvalue weighted by Gasteiger charge is 2.27. The third-order valence-electron chi connectivity index (χ3n) is 6.08. The van der Waals surface area contributed by atoms with Gasteiger partial charge in [-0.25, -0.2) is 0 Å². The predicted octanol–water partition coefficient (Wildman–Crippen LogP) is 4.00. The molecular formula is C23H28ClN3O. The van der Waals surface area contributed by atoms with Gasteiger partial charge in [-0.05, 0) is 49.6 Å². The molecule has 2 aromatic carbocycles. The monoisotopic (exact) mass is 397 g/mol. The summed E-state index contributed by atoms with van der Waals surface area (Å²) in [4.78, 5) is 19.4. The van der Waals surface area contributed by atoms with Gasteiger partial charge in [0.2, 0.25) is 5.91 Å². The molecule has 28 heavy (non-hydrogen) atoms. The molecule has 1 fully saturated rings. The number of carbonyl (C=O) groups excluding carboxylic acids is 1. The second kappa shape index (κ2) is 8.54. The van der Waals surface area contributed by atoms with E-state index in [1.54, 1.807) is 0 Å². The number of rotatable bonds is 4. The standard InChI is InChI=1S/C23H28ClN3O/c1-25(21-12-6-8-18-7-2-3-9-19(18)21)17-23(28)27-15-13-26(14-16-27)22-11-5-4-10-20(22)24/h2-5,7,9-11,21H,6,8,12-17H2,1H3/t21-/m1/s1. The van der Waals surface area contributed by atoms with Crippen LogP contribution in [0, 0.1) is 0 Å². The zero-order chi connectivity index (χ0) is 19.5. The molecule has 4 rings (SSSR count). The van der Waals surface area contributed by atoms with Gasteiger partial charge in [-0.1, -0.05) is 48.0 Å². The van der Waals surface area contributed by atoms with Crippen molar-refractivity contribution in [1.82, 2.24) is 9.80 Å². The Bertz CT molecular complexity index is 832. The van der Waals surface area contributed by atoms with Gasteiger partial charge in [-0.3, -0.25) is 9.69 Å². The lowest BCUT2D eigenvalue weighted by atomic mass is 9.87. The van der Waals surface area contributed by atoms with Crippen molar-refractivity contribution in [3.05, 3.63) is 64.7 Å².